The molecule has 0 radical (unpaired) electrons. The summed E-state index contributed by atoms with van der Waals surface area (Å²) in [4.78, 5) is 0. The zero-order valence-electron chi connectivity index (χ0n) is 9.42. The molecular weight excluding hydrogens is 184 g/mol. The maximum absolute atomic E-state index is 5.70. The van der Waals surface area contributed by atoms with E-state index in [0.29, 0.717) is 0 Å². The largest absolute Gasteiger partial charge is 0.418 e. The summed E-state index contributed by atoms with van der Waals surface area (Å²) in [7, 11) is 1.99. The van der Waals surface area contributed by atoms with E-state index in [1.54, 1.807) is 14.2 Å². The quantitative estimate of drug-likeness (QED) is 0.363. The van der Waals surface area contributed by atoms with Crippen molar-refractivity contribution in [3.05, 3.63) is 0 Å². The molecule has 0 fully saturated rings. The number of methoxy groups -OCH3 is 2. The molecule has 0 amide bonds. The third-order valence-corrected chi connectivity index (χ3v) is 2.72. The molecule has 0 aliphatic carbocycles. The standard InChI is InChI=1S/C9H22O3Si/c1-10-9(11-2)7-6-8-12-13(3,4)5/h9H,6-8H2,1-5H3. The molecule has 3 nitrogen and oxygen atoms in total. The lowest BCUT2D eigenvalue weighted by atomic mass is 10.3. The summed E-state index contributed by atoms with van der Waals surface area (Å²) in [6, 6.07) is 0. The van der Waals surface area contributed by atoms with Crippen LogP contribution in [0.2, 0.25) is 19.6 Å². The Balaban J connectivity index is 3.34. The Bertz CT molecular complexity index is 119. The molecule has 0 unspecified atom stereocenters. The maximum atomic E-state index is 5.70. The van der Waals surface area contributed by atoms with Crippen molar-refractivity contribution in [1.29, 1.82) is 0 Å². The first-order chi connectivity index (χ1) is 5.99. The number of hydrogen-bond donors (Lipinski definition) is 0. The fourth-order valence-electron chi connectivity index (χ4n) is 0.960. The van der Waals surface area contributed by atoms with Crippen molar-refractivity contribution in [3.63, 3.8) is 0 Å². The molecule has 0 aromatic carbocycles. The van der Waals surface area contributed by atoms with Gasteiger partial charge in [0.05, 0.1) is 0 Å². The second-order valence-corrected chi connectivity index (χ2v) is 8.52. The minimum atomic E-state index is -1.33. The van der Waals surface area contributed by atoms with Crippen LogP contribution in [-0.4, -0.2) is 35.4 Å². The van der Waals surface area contributed by atoms with Crippen molar-refractivity contribution < 1.29 is 13.9 Å². The Kier molecular flexibility index (Phi) is 6.58. The van der Waals surface area contributed by atoms with Crippen molar-refractivity contribution in [2.75, 3.05) is 20.8 Å². The zero-order valence-corrected chi connectivity index (χ0v) is 10.4. The molecule has 0 atom stereocenters. The molecule has 80 valence electrons. The molecule has 0 aliphatic heterocycles. The molecular formula is C9H22O3Si. The van der Waals surface area contributed by atoms with Crippen LogP contribution in [0.25, 0.3) is 0 Å². The van der Waals surface area contributed by atoms with E-state index in [2.05, 4.69) is 19.6 Å². The van der Waals surface area contributed by atoms with Crippen LogP contribution in [-0.2, 0) is 13.9 Å². The van der Waals surface area contributed by atoms with Crippen molar-refractivity contribution in [2.45, 2.75) is 38.8 Å². The number of hydrogen-bond acceptors (Lipinski definition) is 3. The Hall–Kier alpha value is 0.0969. The summed E-state index contributed by atoms with van der Waals surface area (Å²) in [5, 5.41) is 0. The molecule has 0 saturated carbocycles. The van der Waals surface area contributed by atoms with Gasteiger partial charge in [-0.15, -0.1) is 0 Å². The second kappa shape index (κ2) is 6.54. The summed E-state index contributed by atoms with van der Waals surface area (Å²) in [5.74, 6) is 0. The lowest BCUT2D eigenvalue weighted by Crippen LogP contribution is -2.26. The van der Waals surface area contributed by atoms with Crippen LogP contribution < -0.4 is 0 Å². The monoisotopic (exact) mass is 206 g/mol. The maximum Gasteiger partial charge on any atom is 0.183 e. The summed E-state index contributed by atoms with van der Waals surface area (Å²) in [6.45, 7) is 7.39. The average molecular weight is 206 g/mol. The van der Waals surface area contributed by atoms with Gasteiger partial charge < -0.3 is 13.9 Å². The molecule has 0 spiro atoms. The number of rotatable bonds is 7. The van der Waals surface area contributed by atoms with Crippen LogP contribution in [0.5, 0.6) is 0 Å². The van der Waals surface area contributed by atoms with Gasteiger partial charge >= 0.3 is 0 Å². The average Bonchev–Trinajstić information content (AvgIpc) is 2.03. The van der Waals surface area contributed by atoms with E-state index in [1.807, 2.05) is 0 Å². The predicted octanol–water partition coefficient (Wildman–Crippen LogP) is 2.24. The minimum absolute atomic E-state index is 0.0785. The van der Waals surface area contributed by atoms with Crippen LogP contribution in [0, 0.1) is 0 Å². The lowest BCUT2D eigenvalue weighted by molar-refractivity contribution is -0.108. The molecule has 0 bridgehead atoms. The number of ether oxygens (including phenoxy) is 2. The first-order valence-corrected chi connectivity index (χ1v) is 8.10. The summed E-state index contributed by atoms with van der Waals surface area (Å²) < 4.78 is 15.8. The molecule has 13 heavy (non-hydrogen) atoms. The lowest BCUT2D eigenvalue weighted by Gasteiger charge is -2.18. The van der Waals surface area contributed by atoms with Gasteiger partial charge in [-0.25, -0.2) is 0 Å². The minimum Gasteiger partial charge on any atom is -0.418 e. The highest BCUT2D eigenvalue weighted by atomic mass is 28.4. The van der Waals surface area contributed by atoms with Gasteiger partial charge in [0.15, 0.2) is 14.6 Å². The molecule has 0 aliphatic rings. The van der Waals surface area contributed by atoms with Gasteiger partial charge in [-0.05, 0) is 26.1 Å². The topological polar surface area (TPSA) is 27.7 Å². The molecule has 0 saturated heterocycles. The molecule has 0 rings (SSSR count). The predicted molar refractivity (Wildman–Crippen MR) is 56.3 cm³/mol. The summed E-state index contributed by atoms with van der Waals surface area (Å²) in [5.41, 5.74) is 0. The zero-order chi connectivity index (χ0) is 10.3. The van der Waals surface area contributed by atoms with Crippen molar-refractivity contribution >= 4 is 8.32 Å². The second-order valence-electron chi connectivity index (χ2n) is 4.00. The van der Waals surface area contributed by atoms with Crippen LogP contribution in [0.1, 0.15) is 12.8 Å². The smallest absolute Gasteiger partial charge is 0.183 e. The van der Waals surface area contributed by atoms with Gasteiger partial charge in [0.1, 0.15) is 0 Å². The first-order valence-electron chi connectivity index (χ1n) is 4.69. The van der Waals surface area contributed by atoms with E-state index in [1.165, 1.54) is 0 Å². The molecule has 0 aromatic heterocycles. The summed E-state index contributed by atoms with van der Waals surface area (Å²) >= 11 is 0. The summed E-state index contributed by atoms with van der Waals surface area (Å²) in [6.07, 6.45) is 1.82. The van der Waals surface area contributed by atoms with Crippen LogP contribution in [0.4, 0.5) is 0 Å². The fraction of sp³-hybridized carbons (Fsp3) is 1.00. The van der Waals surface area contributed by atoms with E-state index in [9.17, 15) is 0 Å². The van der Waals surface area contributed by atoms with E-state index < -0.39 is 8.32 Å². The van der Waals surface area contributed by atoms with E-state index >= 15 is 0 Å². The third-order valence-electron chi connectivity index (χ3n) is 1.65. The van der Waals surface area contributed by atoms with Gasteiger partial charge in [0.25, 0.3) is 0 Å². The SMILES string of the molecule is COC(CCCO[Si](C)(C)C)OC. The highest BCUT2D eigenvalue weighted by Crippen LogP contribution is 2.06. The normalized spacial score (nSPS) is 12.5. The fourth-order valence-corrected chi connectivity index (χ4v) is 1.72. The molecule has 0 heterocycles. The molecule has 4 heteroatoms. The van der Waals surface area contributed by atoms with Crippen LogP contribution in [0.15, 0.2) is 0 Å². The Morgan fingerprint density at radius 3 is 2.00 bits per heavy atom. The van der Waals surface area contributed by atoms with E-state index in [4.69, 9.17) is 13.9 Å². The Morgan fingerprint density at radius 1 is 1.08 bits per heavy atom. The molecule has 0 aromatic rings. The first kappa shape index (κ1) is 13.1. The van der Waals surface area contributed by atoms with E-state index in [0.717, 1.165) is 19.4 Å². The van der Waals surface area contributed by atoms with Crippen molar-refractivity contribution in [1.82, 2.24) is 0 Å². The van der Waals surface area contributed by atoms with Crippen LogP contribution >= 0.6 is 0 Å². The van der Waals surface area contributed by atoms with Gasteiger partial charge in [-0.3, -0.25) is 0 Å². The Morgan fingerprint density at radius 2 is 1.62 bits per heavy atom. The van der Waals surface area contributed by atoms with Crippen LogP contribution in [0.3, 0.4) is 0 Å². The van der Waals surface area contributed by atoms with Gasteiger partial charge in [0, 0.05) is 27.2 Å². The van der Waals surface area contributed by atoms with Gasteiger partial charge in [-0.1, -0.05) is 0 Å². The van der Waals surface area contributed by atoms with Gasteiger partial charge in [-0.2, -0.15) is 0 Å². The van der Waals surface area contributed by atoms with Crippen molar-refractivity contribution in [2.24, 2.45) is 0 Å². The Labute approximate surface area is 82.5 Å². The third kappa shape index (κ3) is 8.43. The van der Waals surface area contributed by atoms with Crippen molar-refractivity contribution in [3.8, 4) is 0 Å². The highest BCUT2D eigenvalue weighted by Gasteiger charge is 2.13. The van der Waals surface area contributed by atoms with E-state index in [-0.39, 0.29) is 6.29 Å². The highest BCUT2D eigenvalue weighted by molar-refractivity contribution is 6.69. The van der Waals surface area contributed by atoms with Gasteiger partial charge in [0.2, 0.25) is 0 Å². The molecule has 0 N–H and O–H groups in total.